The summed E-state index contributed by atoms with van der Waals surface area (Å²) in [6, 6.07) is 18.7. The number of guanidine groups is 1. The van der Waals surface area contributed by atoms with Gasteiger partial charge in [0, 0.05) is 32.4 Å². The van der Waals surface area contributed by atoms with Gasteiger partial charge in [0.1, 0.15) is 12.4 Å². The van der Waals surface area contributed by atoms with E-state index < -0.39 is 0 Å². The lowest BCUT2D eigenvalue weighted by molar-refractivity contribution is 0.146. The van der Waals surface area contributed by atoms with Crippen LogP contribution in [0.15, 0.2) is 54.6 Å². The molecule has 0 unspecified atom stereocenters. The Morgan fingerprint density at radius 3 is 2.42 bits per heavy atom. The monoisotopic (exact) mass is 424 g/mol. The molecule has 2 aromatic rings. The predicted molar refractivity (Wildman–Crippen MR) is 127 cm³/mol. The Labute approximate surface area is 186 Å². The van der Waals surface area contributed by atoms with Crippen molar-refractivity contribution >= 4 is 11.6 Å². The van der Waals surface area contributed by atoms with Crippen molar-refractivity contribution in [2.75, 3.05) is 51.4 Å². The third-order valence-electron chi connectivity index (χ3n) is 5.83. The number of likely N-dealkylation sites (tertiary alicyclic amines) is 1. The van der Waals surface area contributed by atoms with Gasteiger partial charge in [0.25, 0.3) is 0 Å². The van der Waals surface area contributed by atoms with Gasteiger partial charge in [-0.1, -0.05) is 30.3 Å². The lowest BCUT2D eigenvalue weighted by Crippen LogP contribution is -2.48. The first-order valence-electron chi connectivity index (χ1n) is 11.3. The van der Waals surface area contributed by atoms with E-state index in [-0.39, 0.29) is 0 Å². The molecule has 6 heteroatoms. The summed E-state index contributed by atoms with van der Waals surface area (Å²) < 4.78 is 10.7. The quantitative estimate of drug-likeness (QED) is 0.345. The topological polar surface area (TPSA) is 74.8 Å². The maximum Gasteiger partial charge on any atom is 0.198 e. The molecule has 0 spiro atoms. The van der Waals surface area contributed by atoms with Crippen LogP contribution in [0.3, 0.4) is 0 Å². The van der Waals surface area contributed by atoms with Crippen LogP contribution in [0.4, 0.5) is 5.69 Å². The van der Waals surface area contributed by atoms with E-state index in [0.29, 0.717) is 31.6 Å². The molecule has 168 valence electrons. The highest BCUT2D eigenvalue weighted by molar-refractivity contribution is 5.93. The fraction of sp³-hybridized carbons (Fsp3) is 0.480. The third kappa shape index (κ3) is 6.97. The van der Waals surface area contributed by atoms with E-state index in [2.05, 4.69) is 40.1 Å². The molecule has 1 saturated heterocycles. The van der Waals surface area contributed by atoms with E-state index in [4.69, 9.17) is 20.6 Å². The van der Waals surface area contributed by atoms with E-state index in [1.54, 1.807) is 7.11 Å². The fourth-order valence-electron chi connectivity index (χ4n) is 4.04. The van der Waals surface area contributed by atoms with Crippen LogP contribution >= 0.6 is 0 Å². The molecule has 0 radical (unpaired) electrons. The molecule has 0 amide bonds. The van der Waals surface area contributed by atoms with Gasteiger partial charge in [0.05, 0.1) is 6.61 Å². The maximum atomic E-state index is 8.90. The summed E-state index contributed by atoms with van der Waals surface area (Å²) >= 11 is 0. The third-order valence-corrected chi connectivity index (χ3v) is 5.83. The molecule has 31 heavy (non-hydrogen) atoms. The summed E-state index contributed by atoms with van der Waals surface area (Å²) in [5.41, 5.74) is 8.19. The number of anilines is 1. The van der Waals surface area contributed by atoms with Gasteiger partial charge in [-0.3, -0.25) is 5.41 Å². The van der Waals surface area contributed by atoms with Crippen molar-refractivity contribution in [2.24, 2.45) is 11.7 Å². The lowest BCUT2D eigenvalue weighted by atomic mass is 9.90. The summed E-state index contributed by atoms with van der Waals surface area (Å²) in [6.45, 7) is 4.29. The maximum absolute atomic E-state index is 8.90. The van der Waals surface area contributed by atoms with Gasteiger partial charge in [0.2, 0.25) is 0 Å². The van der Waals surface area contributed by atoms with Gasteiger partial charge in [-0.25, -0.2) is 0 Å². The van der Waals surface area contributed by atoms with Gasteiger partial charge in [-0.15, -0.1) is 0 Å². The highest BCUT2D eigenvalue weighted by Gasteiger charge is 2.24. The van der Waals surface area contributed by atoms with Gasteiger partial charge >= 0.3 is 0 Å². The zero-order valence-corrected chi connectivity index (χ0v) is 18.6. The van der Waals surface area contributed by atoms with E-state index in [9.17, 15) is 0 Å². The number of rotatable bonds is 10. The lowest BCUT2D eigenvalue weighted by Gasteiger charge is -2.38. The molecule has 0 atom stereocenters. The molecular weight excluding hydrogens is 388 g/mol. The minimum atomic E-state index is 0.528. The number of piperidine rings is 1. The van der Waals surface area contributed by atoms with Crippen molar-refractivity contribution in [1.29, 1.82) is 5.41 Å². The number of benzene rings is 2. The van der Waals surface area contributed by atoms with E-state index in [1.165, 1.54) is 5.56 Å². The fourth-order valence-corrected chi connectivity index (χ4v) is 4.04. The first-order valence-corrected chi connectivity index (χ1v) is 11.3. The number of hydrogen-bond acceptors (Lipinski definition) is 4. The smallest absolute Gasteiger partial charge is 0.198 e. The van der Waals surface area contributed by atoms with Crippen molar-refractivity contribution < 1.29 is 9.47 Å². The van der Waals surface area contributed by atoms with Crippen LogP contribution < -0.4 is 15.4 Å². The Morgan fingerprint density at radius 2 is 1.77 bits per heavy atom. The average molecular weight is 425 g/mol. The molecule has 2 aromatic carbocycles. The minimum absolute atomic E-state index is 0.528. The summed E-state index contributed by atoms with van der Waals surface area (Å²) in [4.78, 5) is 4.28. The first kappa shape index (κ1) is 23.1. The van der Waals surface area contributed by atoms with Gasteiger partial charge < -0.3 is 25.0 Å². The number of nitrogens with one attached hydrogen (secondary N) is 1. The molecule has 0 bridgehead atoms. The van der Waals surface area contributed by atoms with Crippen molar-refractivity contribution in [2.45, 2.75) is 25.7 Å². The molecular formula is C25H36N4O2. The second kappa shape index (κ2) is 12.3. The number of methoxy groups -OCH3 is 1. The highest BCUT2D eigenvalue weighted by Crippen LogP contribution is 2.25. The molecule has 0 aromatic heterocycles. The second-order valence-corrected chi connectivity index (χ2v) is 8.07. The summed E-state index contributed by atoms with van der Waals surface area (Å²) in [5.74, 6) is 2.07. The van der Waals surface area contributed by atoms with E-state index >= 15 is 0 Å². The van der Waals surface area contributed by atoms with Crippen molar-refractivity contribution in [1.82, 2.24) is 4.90 Å². The van der Waals surface area contributed by atoms with Crippen LogP contribution in [0.1, 0.15) is 24.8 Å². The Morgan fingerprint density at radius 1 is 1.06 bits per heavy atom. The summed E-state index contributed by atoms with van der Waals surface area (Å²) in [5, 5.41) is 8.90. The zero-order chi connectivity index (χ0) is 21.9. The van der Waals surface area contributed by atoms with Crippen LogP contribution in [0.25, 0.3) is 0 Å². The zero-order valence-electron chi connectivity index (χ0n) is 18.6. The molecule has 0 aliphatic carbocycles. The SMILES string of the molecule is COCCOc1ccc(N(CCCN)C(=N)N2CCC(Cc3ccccc3)CC2)cc1. The van der Waals surface area contributed by atoms with Crippen molar-refractivity contribution in [3.05, 3.63) is 60.2 Å². The van der Waals surface area contributed by atoms with Crippen molar-refractivity contribution in [3.63, 3.8) is 0 Å². The number of ether oxygens (including phenoxy) is 2. The average Bonchev–Trinajstić information content (AvgIpc) is 2.81. The van der Waals surface area contributed by atoms with Crippen molar-refractivity contribution in [3.8, 4) is 5.75 Å². The molecule has 3 rings (SSSR count). The second-order valence-electron chi connectivity index (χ2n) is 8.07. The largest absolute Gasteiger partial charge is 0.491 e. The summed E-state index contributed by atoms with van der Waals surface area (Å²) in [6.07, 6.45) is 4.21. The highest BCUT2D eigenvalue weighted by atomic mass is 16.5. The molecule has 1 fully saturated rings. The Hall–Kier alpha value is -2.57. The van der Waals surface area contributed by atoms with Gasteiger partial charge in [-0.2, -0.15) is 0 Å². The standard InChI is InChI=1S/C25H36N4O2/c1-30-18-19-31-24-10-8-23(9-11-24)29(15-5-14-26)25(27)28-16-12-22(13-17-28)20-21-6-3-2-4-7-21/h2-4,6-11,22,27H,5,12-20,26H2,1H3. The Kier molecular flexibility index (Phi) is 9.18. The molecule has 3 N–H and O–H groups in total. The molecule has 1 heterocycles. The molecule has 1 aliphatic rings. The minimum Gasteiger partial charge on any atom is -0.491 e. The number of nitrogens with two attached hydrogens (primary N) is 1. The van der Waals surface area contributed by atoms with Crippen LogP contribution in [0, 0.1) is 11.3 Å². The van der Waals surface area contributed by atoms with Gasteiger partial charge in [0.15, 0.2) is 5.96 Å². The Bertz CT molecular complexity index is 774. The Balaban J connectivity index is 1.58. The van der Waals surface area contributed by atoms with Gasteiger partial charge in [-0.05, 0) is 68.0 Å². The van der Waals surface area contributed by atoms with E-state index in [0.717, 1.165) is 56.8 Å². The van der Waals surface area contributed by atoms with Crippen LogP contribution in [0.2, 0.25) is 0 Å². The van der Waals surface area contributed by atoms with Crippen LogP contribution in [-0.2, 0) is 11.2 Å². The predicted octanol–water partition coefficient (Wildman–Crippen LogP) is 3.76. The van der Waals surface area contributed by atoms with Crippen LogP contribution in [0.5, 0.6) is 5.75 Å². The molecule has 0 saturated carbocycles. The number of nitrogens with zero attached hydrogens (tertiary/aromatic N) is 2. The van der Waals surface area contributed by atoms with E-state index in [1.807, 2.05) is 24.3 Å². The molecule has 1 aliphatic heterocycles. The first-order chi connectivity index (χ1) is 15.2. The van der Waals surface area contributed by atoms with Crippen LogP contribution in [-0.4, -0.2) is 57.4 Å². The number of hydrogen-bond donors (Lipinski definition) is 2. The normalized spacial score (nSPS) is 14.5. The molecule has 6 nitrogen and oxygen atoms in total. The summed E-state index contributed by atoms with van der Waals surface area (Å²) in [7, 11) is 1.66.